The summed E-state index contributed by atoms with van der Waals surface area (Å²) in [5.41, 5.74) is 0. The number of aliphatic carboxylic acids is 1. The third kappa shape index (κ3) is 4.67. The number of carbonyl (C=O) groups is 1. The highest BCUT2D eigenvalue weighted by molar-refractivity contribution is 5.69. The van der Waals surface area contributed by atoms with Crippen LogP contribution in [-0.4, -0.2) is 34.7 Å². The average Bonchev–Trinajstić information content (AvgIpc) is 2.34. The zero-order chi connectivity index (χ0) is 12.7. The van der Waals surface area contributed by atoms with E-state index in [9.17, 15) is 4.79 Å². The predicted molar refractivity (Wildman–Crippen MR) is 63.1 cm³/mol. The van der Waals surface area contributed by atoms with Crippen LogP contribution in [0.15, 0.2) is 12.4 Å². The Bertz CT molecular complexity index is 371. The van der Waals surface area contributed by atoms with E-state index in [1.807, 2.05) is 0 Å². The molecule has 1 atom stereocenters. The zero-order valence-electron chi connectivity index (χ0n) is 10.0. The minimum absolute atomic E-state index is 0.312. The van der Waals surface area contributed by atoms with Crippen LogP contribution in [0.4, 0.5) is 5.82 Å². The van der Waals surface area contributed by atoms with Crippen molar-refractivity contribution in [2.75, 3.05) is 19.0 Å². The molecule has 2 N–H and O–H groups in total. The van der Waals surface area contributed by atoms with Gasteiger partial charge in [0.2, 0.25) is 5.88 Å². The number of nitrogens with one attached hydrogen (secondary N) is 1. The molecular weight excluding hydrogens is 222 g/mol. The Hall–Kier alpha value is -1.85. The maximum atomic E-state index is 10.6. The standard InChI is InChI=1S/C11H17N3O3/c1-8(11(15)16)4-3-5-13-9-6-12-7-10(14-9)17-2/h6-8H,3-5H2,1-2H3,(H,13,14)(H,15,16). The van der Waals surface area contributed by atoms with E-state index in [1.54, 1.807) is 13.1 Å². The maximum absolute atomic E-state index is 10.6. The first-order valence-electron chi connectivity index (χ1n) is 5.46. The molecule has 1 aromatic rings. The Morgan fingerprint density at radius 3 is 3.00 bits per heavy atom. The molecule has 0 amide bonds. The summed E-state index contributed by atoms with van der Waals surface area (Å²) in [5, 5.41) is 11.8. The summed E-state index contributed by atoms with van der Waals surface area (Å²) in [6.07, 6.45) is 4.53. The molecule has 1 aromatic heterocycles. The van der Waals surface area contributed by atoms with Crippen molar-refractivity contribution in [2.24, 2.45) is 5.92 Å². The molecule has 0 radical (unpaired) electrons. The highest BCUT2D eigenvalue weighted by atomic mass is 16.5. The molecule has 0 spiro atoms. The van der Waals surface area contributed by atoms with E-state index in [4.69, 9.17) is 9.84 Å². The second-order valence-electron chi connectivity index (χ2n) is 3.75. The van der Waals surface area contributed by atoms with Crippen molar-refractivity contribution in [3.05, 3.63) is 12.4 Å². The lowest BCUT2D eigenvalue weighted by atomic mass is 10.1. The van der Waals surface area contributed by atoms with Gasteiger partial charge in [-0.2, -0.15) is 4.98 Å². The number of carboxylic acids is 1. The van der Waals surface area contributed by atoms with Crippen LogP contribution in [0.2, 0.25) is 0 Å². The smallest absolute Gasteiger partial charge is 0.306 e. The lowest BCUT2D eigenvalue weighted by Gasteiger charge is -2.08. The van der Waals surface area contributed by atoms with Gasteiger partial charge in [-0.1, -0.05) is 6.92 Å². The Morgan fingerprint density at radius 1 is 1.59 bits per heavy atom. The van der Waals surface area contributed by atoms with E-state index in [0.717, 1.165) is 6.42 Å². The summed E-state index contributed by atoms with van der Waals surface area (Å²) in [6.45, 7) is 2.37. The fourth-order valence-corrected chi connectivity index (χ4v) is 1.28. The molecular formula is C11H17N3O3. The van der Waals surface area contributed by atoms with Crippen molar-refractivity contribution in [1.82, 2.24) is 9.97 Å². The maximum Gasteiger partial charge on any atom is 0.306 e. The quantitative estimate of drug-likeness (QED) is 0.700. The third-order valence-corrected chi connectivity index (χ3v) is 2.36. The minimum Gasteiger partial charge on any atom is -0.481 e. The van der Waals surface area contributed by atoms with Crippen molar-refractivity contribution >= 4 is 11.8 Å². The summed E-state index contributed by atoms with van der Waals surface area (Å²) in [6, 6.07) is 0. The molecule has 1 heterocycles. The van der Waals surface area contributed by atoms with E-state index in [-0.39, 0.29) is 5.92 Å². The molecule has 6 nitrogen and oxygen atoms in total. The molecule has 94 valence electrons. The highest BCUT2D eigenvalue weighted by Crippen LogP contribution is 2.09. The van der Waals surface area contributed by atoms with E-state index in [1.165, 1.54) is 13.3 Å². The summed E-state index contributed by atoms with van der Waals surface area (Å²) in [5.74, 6) is 0.0144. The van der Waals surface area contributed by atoms with Gasteiger partial charge < -0.3 is 15.2 Å². The molecule has 0 aromatic carbocycles. The molecule has 17 heavy (non-hydrogen) atoms. The number of hydrogen-bond donors (Lipinski definition) is 2. The molecule has 0 saturated heterocycles. The number of rotatable bonds is 7. The van der Waals surface area contributed by atoms with Crippen molar-refractivity contribution in [1.29, 1.82) is 0 Å². The number of nitrogens with zero attached hydrogens (tertiary/aromatic N) is 2. The Morgan fingerprint density at radius 2 is 2.35 bits per heavy atom. The number of methoxy groups -OCH3 is 1. The number of aromatic nitrogens is 2. The molecule has 0 fully saturated rings. The molecule has 0 bridgehead atoms. The van der Waals surface area contributed by atoms with Crippen molar-refractivity contribution in [3.8, 4) is 5.88 Å². The van der Waals surface area contributed by atoms with Gasteiger partial charge in [0.15, 0.2) is 0 Å². The van der Waals surface area contributed by atoms with Crippen LogP contribution < -0.4 is 10.1 Å². The van der Waals surface area contributed by atoms with Gasteiger partial charge in [-0.05, 0) is 12.8 Å². The monoisotopic (exact) mass is 239 g/mol. The van der Waals surface area contributed by atoms with E-state index in [0.29, 0.717) is 24.7 Å². The van der Waals surface area contributed by atoms with Crippen molar-refractivity contribution < 1.29 is 14.6 Å². The molecule has 6 heteroatoms. The van der Waals surface area contributed by atoms with Gasteiger partial charge in [-0.15, -0.1) is 0 Å². The second kappa shape index (κ2) is 6.67. The molecule has 1 unspecified atom stereocenters. The highest BCUT2D eigenvalue weighted by Gasteiger charge is 2.09. The van der Waals surface area contributed by atoms with Crippen LogP contribution in [0.1, 0.15) is 19.8 Å². The third-order valence-electron chi connectivity index (χ3n) is 2.36. The van der Waals surface area contributed by atoms with Gasteiger partial charge in [0.1, 0.15) is 5.82 Å². The SMILES string of the molecule is COc1cncc(NCCCC(C)C(=O)O)n1. The lowest BCUT2D eigenvalue weighted by Crippen LogP contribution is -2.12. The number of carboxylic acid groups (broad SMARTS) is 1. The predicted octanol–water partition coefficient (Wildman–Crippen LogP) is 1.40. The molecule has 0 aliphatic carbocycles. The van der Waals surface area contributed by atoms with Crippen LogP contribution in [0, 0.1) is 5.92 Å². The molecule has 0 aliphatic rings. The molecule has 0 saturated carbocycles. The van der Waals surface area contributed by atoms with Crippen LogP contribution >= 0.6 is 0 Å². The fourth-order valence-electron chi connectivity index (χ4n) is 1.28. The fraction of sp³-hybridized carbons (Fsp3) is 0.545. The Kier molecular flexibility index (Phi) is 5.19. The minimum atomic E-state index is -0.758. The van der Waals surface area contributed by atoms with E-state index < -0.39 is 5.97 Å². The summed E-state index contributed by atoms with van der Waals surface area (Å²) in [4.78, 5) is 18.7. The first-order chi connectivity index (χ1) is 8.13. The summed E-state index contributed by atoms with van der Waals surface area (Å²) >= 11 is 0. The molecule has 1 rings (SSSR count). The number of anilines is 1. The van der Waals surface area contributed by atoms with Gasteiger partial charge in [0.05, 0.1) is 25.4 Å². The van der Waals surface area contributed by atoms with Gasteiger partial charge in [0.25, 0.3) is 0 Å². The van der Waals surface area contributed by atoms with Crippen molar-refractivity contribution in [2.45, 2.75) is 19.8 Å². The molecule has 0 aliphatic heterocycles. The van der Waals surface area contributed by atoms with Crippen molar-refractivity contribution in [3.63, 3.8) is 0 Å². The second-order valence-corrected chi connectivity index (χ2v) is 3.75. The van der Waals surface area contributed by atoms with Gasteiger partial charge >= 0.3 is 5.97 Å². The van der Waals surface area contributed by atoms with Crippen LogP contribution in [0.25, 0.3) is 0 Å². The van der Waals surface area contributed by atoms with Crippen LogP contribution in [-0.2, 0) is 4.79 Å². The number of ether oxygens (including phenoxy) is 1. The zero-order valence-corrected chi connectivity index (χ0v) is 10.0. The lowest BCUT2D eigenvalue weighted by molar-refractivity contribution is -0.141. The van der Waals surface area contributed by atoms with Gasteiger partial charge in [0, 0.05) is 6.54 Å². The largest absolute Gasteiger partial charge is 0.481 e. The van der Waals surface area contributed by atoms with Gasteiger partial charge in [-0.25, -0.2) is 0 Å². The average molecular weight is 239 g/mol. The first kappa shape index (κ1) is 13.2. The van der Waals surface area contributed by atoms with Gasteiger partial charge in [-0.3, -0.25) is 9.78 Å². The first-order valence-corrected chi connectivity index (χ1v) is 5.46. The van der Waals surface area contributed by atoms with E-state index >= 15 is 0 Å². The van der Waals surface area contributed by atoms with Crippen LogP contribution in [0.5, 0.6) is 5.88 Å². The summed E-state index contributed by atoms with van der Waals surface area (Å²) in [7, 11) is 1.53. The summed E-state index contributed by atoms with van der Waals surface area (Å²) < 4.78 is 4.94. The Labute approximate surface area is 100 Å². The van der Waals surface area contributed by atoms with Crippen LogP contribution in [0.3, 0.4) is 0 Å². The normalized spacial score (nSPS) is 11.9. The topological polar surface area (TPSA) is 84.3 Å². The van der Waals surface area contributed by atoms with E-state index in [2.05, 4.69) is 15.3 Å². The Balaban J connectivity index is 2.28. The number of hydrogen-bond acceptors (Lipinski definition) is 5.